The van der Waals surface area contributed by atoms with Gasteiger partial charge in [-0.05, 0) is 22.4 Å². The Morgan fingerprint density at radius 2 is 2.27 bits per heavy atom. The molecule has 62 valence electrons. The quantitative estimate of drug-likeness (QED) is 0.757. The second-order valence-corrected chi connectivity index (χ2v) is 3.04. The van der Waals surface area contributed by atoms with Gasteiger partial charge in [0.25, 0.3) is 0 Å². The Kier molecular flexibility index (Phi) is 2.54. The summed E-state index contributed by atoms with van der Waals surface area (Å²) in [7, 11) is 3.50. The molecule has 1 aromatic rings. The molecule has 0 aliphatic heterocycles. The van der Waals surface area contributed by atoms with E-state index in [0.29, 0.717) is 0 Å². The normalized spacial score (nSPS) is 10.2. The van der Waals surface area contributed by atoms with Crippen molar-refractivity contribution in [1.82, 2.24) is 9.78 Å². The fraction of sp³-hybridized carbons (Fsp3) is 0.571. The maximum atomic E-state index is 5.11. The van der Waals surface area contributed by atoms with E-state index in [4.69, 9.17) is 4.74 Å². The van der Waals surface area contributed by atoms with Crippen molar-refractivity contribution in [3.63, 3.8) is 0 Å². The molecule has 0 bridgehead atoms. The van der Waals surface area contributed by atoms with Gasteiger partial charge in [-0.1, -0.05) is 6.92 Å². The van der Waals surface area contributed by atoms with Crippen LogP contribution in [0.1, 0.15) is 12.6 Å². The molecule has 0 unspecified atom stereocenters. The predicted octanol–water partition coefficient (Wildman–Crippen LogP) is 1.75. The van der Waals surface area contributed by atoms with E-state index in [1.54, 1.807) is 11.8 Å². The van der Waals surface area contributed by atoms with Crippen LogP contribution < -0.4 is 4.74 Å². The molecule has 1 aromatic heterocycles. The summed E-state index contributed by atoms with van der Waals surface area (Å²) in [5.41, 5.74) is 1.03. The van der Waals surface area contributed by atoms with E-state index in [2.05, 4.69) is 28.0 Å². The van der Waals surface area contributed by atoms with Gasteiger partial charge >= 0.3 is 0 Å². The van der Waals surface area contributed by atoms with E-state index in [-0.39, 0.29) is 0 Å². The summed E-state index contributed by atoms with van der Waals surface area (Å²) < 4.78 is 7.80. The van der Waals surface area contributed by atoms with E-state index < -0.39 is 0 Å². The average Bonchev–Trinajstić information content (AvgIpc) is 2.26. The molecular weight excluding hydrogens is 208 g/mol. The van der Waals surface area contributed by atoms with Gasteiger partial charge in [0.2, 0.25) is 5.88 Å². The third-order valence-electron chi connectivity index (χ3n) is 1.53. The van der Waals surface area contributed by atoms with E-state index in [9.17, 15) is 0 Å². The predicted molar refractivity (Wildman–Crippen MR) is 46.8 cm³/mol. The van der Waals surface area contributed by atoms with Crippen molar-refractivity contribution in [1.29, 1.82) is 0 Å². The SMILES string of the molecule is CCc1nn(C)c(OC)c1Br. The second kappa shape index (κ2) is 3.26. The summed E-state index contributed by atoms with van der Waals surface area (Å²) in [6.45, 7) is 2.06. The van der Waals surface area contributed by atoms with Gasteiger partial charge in [-0.2, -0.15) is 5.10 Å². The van der Waals surface area contributed by atoms with Crippen molar-refractivity contribution in [3.8, 4) is 5.88 Å². The number of hydrogen-bond acceptors (Lipinski definition) is 2. The van der Waals surface area contributed by atoms with Crippen molar-refractivity contribution >= 4 is 15.9 Å². The highest BCUT2D eigenvalue weighted by Gasteiger charge is 2.11. The Labute approximate surface area is 74.5 Å². The Balaban J connectivity index is 3.14. The number of ether oxygens (including phenoxy) is 1. The summed E-state index contributed by atoms with van der Waals surface area (Å²) in [4.78, 5) is 0. The minimum atomic E-state index is 0.779. The van der Waals surface area contributed by atoms with Crippen LogP contribution in [0.2, 0.25) is 0 Å². The molecule has 0 N–H and O–H groups in total. The lowest BCUT2D eigenvalue weighted by atomic mass is 10.3. The largest absolute Gasteiger partial charge is 0.480 e. The first-order valence-electron chi connectivity index (χ1n) is 3.46. The lowest BCUT2D eigenvalue weighted by Crippen LogP contribution is -1.95. The Hall–Kier alpha value is -0.510. The molecule has 0 saturated carbocycles. The first kappa shape index (κ1) is 8.59. The van der Waals surface area contributed by atoms with Crippen LogP contribution in [-0.4, -0.2) is 16.9 Å². The number of methoxy groups -OCH3 is 1. The van der Waals surface area contributed by atoms with Crippen molar-refractivity contribution < 1.29 is 4.74 Å². The van der Waals surface area contributed by atoms with E-state index in [0.717, 1.165) is 22.5 Å². The molecule has 0 amide bonds. The molecule has 1 rings (SSSR count). The molecule has 0 radical (unpaired) electrons. The third kappa shape index (κ3) is 1.40. The number of aromatic nitrogens is 2. The Bertz CT molecular complexity index is 257. The molecule has 3 nitrogen and oxygen atoms in total. The van der Waals surface area contributed by atoms with E-state index >= 15 is 0 Å². The lowest BCUT2D eigenvalue weighted by molar-refractivity contribution is 0.371. The topological polar surface area (TPSA) is 27.1 Å². The minimum Gasteiger partial charge on any atom is -0.480 e. The monoisotopic (exact) mass is 218 g/mol. The van der Waals surface area contributed by atoms with Gasteiger partial charge in [-0.15, -0.1) is 0 Å². The minimum absolute atomic E-state index is 0.779. The first-order valence-corrected chi connectivity index (χ1v) is 4.25. The van der Waals surface area contributed by atoms with Crippen molar-refractivity contribution in [2.75, 3.05) is 7.11 Å². The maximum absolute atomic E-state index is 5.11. The zero-order valence-electron chi connectivity index (χ0n) is 6.89. The molecule has 0 atom stereocenters. The van der Waals surface area contributed by atoms with Crippen molar-refractivity contribution in [3.05, 3.63) is 10.2 Å². The summed E-state index contributed by atoms with van der Waals surface area (Å²) in [5.74, 6) is 0.779. The molecule has 0 fully saturated rings. The van der Waals surface area contributed by atoms with Gasteiger partial charge in [-0.25, -0.2) is 4.68 Å². The summed E-state index contributed by atoms with van der Waals surface area (Å²) in [6, 6.07) is 0. The standard InChI is InChI=1S/C7H11BrN2O/c1-4-5-6(8)7(11-3)10(2)9-5/h4H2,1-3H3. The molecule has 11 heavy (non-hydrogen) atoms. The fourth-order valence-corrected chi connectivity index (χ4v) is 1.76. The summed E-state index contributed by atoms with van der Waals surface area (Å²) >= 11 is 3.41. The van der Waals surface area contributed by atoms with Gasteiger partial charge in [0.1, 0.15) is 4.47 Å². The van der Waals surface area contributed by atoms with Crippen LogP contribution in [0.15, 0.2) is 4.47 Å². The molecule has 4 heteroatoms. The number of rotatable bonds is 2. The van der Waals surface area contributed by atoms with Crippen LogP contribution in [0.5, 0.6) is 5.88 Å². The first-order chi connectivity index (χ1) is 5.20. The van der Waals surface area contributed by atoms with Gasteiger partial charge < -0.3 is 4.74 Å². The zero-order chi connectivity index (χ0) is 8.43. The Morgan fingerprint density at radius 1 is 1.64 bits per heavy atom. The van der Waals surface area contributed by atoms with Crippen LogP contribution in [0, 0.1) is 0 Å². The summed E-state index contributed by atoms with van der Waals surface area (Å²) in [5, 5.41) is 4.24. The molecule has 0 aliphatic carbocycles. The Morgan fingerprint density at radius 3 is 2.55 bits per heavy atom. The average molecular weight is 219 g/mol. The van der Waals surface area contributed by atoms with Gasteiger partial charge in [-0.3, -0.25) is 0 Å². The van der Waals surface area contributed by atoms with Crippen LogP contribution in [0.4, 0.5) is 0 Å². The van der Waals surface area contributed by atoms with E-state index in [1.165, 1.54) is 0 Å². The molecule has 0 saturated heterocycles. The summed E-state index contributed by atoms with van der Waals surface area (Å²) in [6.07, 6.45) is 0.914. The second-order valence-electron chi connectivity index (χ2n) is 2.25. The highest BCUT2D eigenvalue weighted by atomic mass is 79.9. The van der Waals surface area contributed by atoms with E-state index in [1.807, 2.05) is 7.05 Å². The van der Waals surface area contributed by atoms with Crippen LogP contribution in [0.3, 0.4) is 0 Å². The number of hydrogen-bond donors (Lipinski definition) is 0. The smallest absolute Gasteiger partial charge is 0.226 e. The molecular formula is C7H11BrN2O. The van der Waals surface area contributed by atoms with Gasteiger partial charge in [0, 0.05) is 7.05 Å². The zero-order valence-corrected chi connectivity index (χ0v) is 8.47. The third-order valence-corrected chi connectivity index (χ3v) is 2.33. The highest BCUT2D eigenvalue weighted by molar-refractivity contribution is 9.10. The molecule has 0 aromatic carbocycles. The lowest BCUT2D eigenvalue weighted by Gasteiger charge is -1.97. The van der Waals surface area contributed by atoms with Crippen molar-refractivity contribution in [2.45, 2.75) is 13.3 Å². The number of nitrogens with zero attached hydrogens (tertiary/aromatic N) is 2. The van der Waals surface area contributed by atoms with Gasteiger partial charge in [0.05, 0.1) is 12.8 Å². The maximum Gasteiger partial charge on any atom is 0.226 e. The van der Waals surface area contributed by atoms with Crippen molar-refractivity contribution in [2.24, 2.45) is 7.05 Å². The molecule has 0 aliphatic rings. The number of halogens is 1. The van der Waals surface area contributed by atoms with Crippen LogP contribution in [-0.2, 0) is 13.5 Å². The van der Waals surface area contributed by atoms with Gasteiger partial charge in [0.15, 0.2) is 0 Å². The fourth-order valence-electron chi connectivity index (χ4n) is 0.984. The molecule has 1 heterocycles. The van der Waals surface area contributed by atoms with Crippen LogP contribution >= 0.6 is 15.9 Å². The molecule has 0 spiro atoms. The number of aryl methyl sites for hydroxylation is 2. The van der Waals surface area contributed by atoms with Crippen LogP contribution in [0.25, 0.3) is 0 Å². The highest BCUT2D eigenvalue weighted by Crippen LogP contribution is 2.27.